The van der Waals surface area contributed by atoms with Crippen molar-refractivity contribution in [2.75, 3.05) is 45.4 Å². The Morgan fingerprint density at radius 1 is 1.04 bits per heavy atom. The lowest BCUT2D eigenvalue weighted by atomic mass is 9.92. The first-order valence-corrected chi connectivity index (χ1v) is 15.3. The largest absolute Gasteiger partial charge is 0.493 e. The number of nitrogens with zero attached hydrogens (tertiary/aromatic N) is 2. The lowest BCUT2D eigenvalue weighted by Crippen LogP contribution is -2.48. The lowest BCUT2D eigenvalue weighted by molar-refractivity contribution is -0.145. The van der Waals surface area contributed by atoms with Crippen LogP contribution >= 0.6 is 11.6 Å². The Hall–Kier alpha value is -3.83. The molecule has 0 bridgehead atoms. The fraction of sp³-hybridized carbons (Fsp3) is 0.515. The van der Waals surface area contributed by atoms with Gasteiger partial charge in [-0.1, -0.05) is 37.6 Å². The number of benzene rings is 2. The van der Waals surface area contributed by atoms with Gasteiger partial charge in [-0.2, -0.15) is 0 Å². The number of fused-ring (bicyclic) bond motifs is 1. The number of ether oxygens (including phenoxy) is 4. The molecular weight excluding hydrogens is 604 g/mol. The summed E-state index contributed by atoms with van der Waals surface area (Å²) < 4.78 is 23.2. The molecule has 0 aliphatic carbocycles. The molecule has 2 aromatic carbocycles. The average molecular weight is 645 g/mol. The molecular formula is C33H41ClN2O9. The first-order valence-electron chi connectivity index (χ1n) is 14.9. The van der Waals surface area contributed by atoms with Gasteiger partial charge in [0.2, 0.25) is 5.91 Å². The first-order chi connectivity index (χ1) is 21.3. The van der Waals surface area contributed by atoms with Gasteiger partial charge in [0, 0.05) is 60.2 Å². The molecule has 0 saturated carbocycles. The summed E-state index contributed by atoms with van der Waals surface area (Å²) in [5.74, 6) is -1.09. The zero-order chi connectivity index (χ0) is 32.9. The number of anilines is 1. The minimum Gasteiger partial charge on any atom is -0.493 e. The highest BCUT2D eigenvalue weighted by atomic mass is 35.5. The Morgan fingerprint density at radius 3 is 2.38 bits per heavy atom. The molecule has 1 fully saturated rings. The van der Waals surface area contributed by atoms with Crippen LogP contribution in [0.2, 0.25) is 5.02 Å². The van der Waals surface area contributed by atoms with E-state index in [4.69, 9.17) is 30.5 Å². The van der Waals surface area contributed by atoms with E-state index in [0.717, 1.165) is 0 Å². The maximum Gasteiger partial charge on any atom is 0.303 e. The molecule has 2 aromatic rings. The van der Waals surface area contributed by atoms with Crippen molar-refractivity contribution in [2.24, 2.45) is 11.3 Å². The topological polar surface area (TPSA) is 132 Å². The van der Waals surface area contributed by atoms with Gasteiger partial charge >= 0.3 is 11.9 Å². The van der Waals surface area contributed by atoms with Gasteiger partial charge < -0.3 is 33.9 Å². The number of carbonyl (C=O) groups excluding carboxylic acids is 3. The van der Waals surface area contributed by atoms with Crippen LogP contribution in [-0.4, -0.2) is 80.3 Å². The normalized spacial score (nSPS) is 19.0. The fourth-order valence-electron chi connectivity index (χ4n) is 5.92. The molecule has 45 heavy (non-hydrogen) atoms. The molecule has 2 heterocycles. The van der Waals surface area contributed by atoms with Crippen LogP contribution in [0, 0.1) is 11.3 Å². The molecule has 1 N–H and O–H groups in total. The number of likely N-dealkylation sites (tertiary alicyclic amines) is 1. The molecule has 1 saturated heterocycles. The third-order valence-electron chi connectivity index (χ3n) is 8.16. The predicted octanol–water partition coefficient (Wildman–Crippen LogP) is 4.87. The summed E-state index contributed by atoms with van der Waals surface area (Å²) in [6.45, 7) is 6.13. The number of aliphatic carboxylic acids is 1. The molecule has 2 aliphatic rings. The Labute approximate surface area is 268 Å². The second kappa shape index (κ2) is 14.5. The van der Waals surface area contributed by atoms with Crippen LogP contribution in [0.3, 0.4) is 0 Å². The molecule has 0 spiro atoms. The zero-order valence-corrected chi connectivity index (χ0v) is 27.1. The number of para-hydroxylation sites is 1. The highest BCUT2D eigenvalue weighted by molar-refractivity contribution is 6.30. The summed E-state index contributed by atoms with van der Waals surface area (Å²) in [4.78, 5) is 54.1. The van der Waals surface area contributed by atoms with E-state index in [-0.39, 0.29) is 37.8 Å². The van der Waals surface area contributed by atoms with E-state index in [1.165, 1.54) is 21.1 Å². The Balaban J connectivity index is 1.75. The monoisotopic (exact) mass is 644 g/mol. The van der Waals surface area contributed by atoms with Crippen molar-refractivity contribution in [1.29, 1.82) is 0 Å². The number of carboxylic acids is 1. The quantitative estimate of drug-likeness (QED) is 0.340. The van der Waals surface area contributed by atoms with Crippen LogP contribution < -0.4 is 14.4 Å². The molecule has 0 radical (unpaired) electrons. The number of rotatable bonds is 11. The number of hydrogen-bond donors (Lipinski definition) is 1. The van der Waals surface area contributed by atoms with Crippen LogP contribution in [0.4, 0.5) is 5.69 Å². The Kier molecular flexibility index (Phi) is 11.0. The van der Waals surface area contributed by atoms with Crippen LogP contribution in [-0.2, 0) is 28.7 Å². The van der Waals surface area contributed by atoms with Crippen LogP contribution in [0.25, 0.3) is 0 Å². The zero-order valence-electron chi connectivity index (χ0n) is 26.3. The minimum absolute atomic E-state index is 0.00131. The standard InChI is InChI=1S/C33H41ClN2O9/c1-20(37)44-19-33(2,3)18-36-25-10-9-22(34)16-24(25)30(23-7-6-8-26(42-4)31(23)43-5)45-27(32(36)41)17-28(38)35-13-11-21(12-14-35)15-29(39)40/h6-10,16,21,27,30H,11-15,17-19H2,1-5H3,(H,39,40)/t27?,30-/m1/s1. The third-order valence-corrected chi connectivity index (χ3v) is 8.40. The van der Waals surface area contributed by atoms with Crippen molar-refractivity contribution < 1.29 is 43.2 Å². The minimum atomic E-state index is -1.19. The van der Waals surface area contributed by atoms with Crippen molar-refractivity contribution in [3.8, 4) is 11.5 Å². The average Bonchev–Trinajstić information content (AvgIpc) is 3.09. The van der Waals surface area contributed by atoms with Gasteiger partial charge in [-0.05, 0) is 43.0 Å². The van der Waals surface area contributed by atoms with E-state index >= 15 is 0 Å². The third kappa shape index (κ3) is 8.26. The summed E-state index contributed by atoms with van der Waals surface area (Å²) in [6.07, 6.45) is -1.08. The Morgan fingerprint density at radius 2 is 1.76 bits per heavy atom. The van der Waals surface area contributed by atoms with Gasteiger partial charge in [0.05, 0.1) is 27.2 Å². The van der Waals surface area contributed by atoms with Crippen LogP contribution in [0.15, 0.2) is 36.4 Å². The fourth-order valence-corrected chi connectivity index (χ4v) is 6.10. The van der Waals surface area contributed by atoms with E-state index in [0.29, 0.717) is 59.3 Å². The van der Waals surface area contributed by atoms with Gasteiger partial charge in [-0.3, -0.25) is 19.2 Å². The molecule has 11 nitrogen and oxygen atoms in total. The van der Waals surface area contributed by atoms with Crippen molar-refractivity contribution in [2.45, 2.75) is 58.7 Å². The Bertz CT molecular complexity index is 1420. The second-order valence-corrected chi connectivity index (χ2v) is 12.7. The van der Waals surface area contributed by atoms with E-state index in [2.05, 4.69) is 0 Å². The number of methoxy groups -OCH3 is 2. The number of piperidine rings is 1. The number of halogens is 1. The highest BCUT2D eigenvalue weighted by Gasteiger charge is 2.41. The summed E-state index contributed by atoms with van der Waals surface area (Å²) in [6, 6.07) is 10.5. The molecule has 2 aliphatic heterocycles. The van der Waals surface area contributed by atoms with Crippen LogP contribution in [0.1, 0.15) is 63.7 Å². The summed E-state index contributed by atoms with van der Waals surface area (Å²) in [5, 5.41) is 9.60. The van der Waals surface area contributed by atoms with E-state index in [9.17, 15) is 24.3 Å². The van der Waals surface area contributed by atoms with Crippen molar-refractivity contribution in [3.63, 3.8) is 0 Å². The highest BCUT2D eigenvalue weighted by Crippen LogP contribution is 2.45. The van der Waals surface area contributed by atoms with Gasteiger partial charge in [0.25, 0.3) is 5.91 Å². The molecule has 0 aromatic heterocycles. The number of carboxylic acid groups (broad SMARTS) is 1. The van der Waals surface area contributed by atoms with Crippen LogP contribution in [0.5, 0.6) is 11.5 Å². The maximum atomic E-state index is 14.4. The van der Waals surface area contributed by atoms with Gasteiger partial charge in [-0.25, -0.2) is 0 Å². The SMILES string of the molecule is COc1cccc([C@H]2OC(CC(=O)N3CCC(CC(=O)O)CC3)C(=O)N(CC(C)(C)COC(C)=O)c3ccc(Cl)cc32)c1OC. The molecule has 1 unspecified atom stereocenters. The van der Waals surface area contributed by atoms with Gasteiger partial charge in [0.15, 0.2) is 11.5 Å². The number of hydrogen-bond acceptors (Lipinski definition) is 8. The summed E-state index contributed by atoms with van der Waals surface area (Å²) in [5.41, 5.74) is 1.06. The van der Waals surface area contributed by atoms with Gasteiger partial charge in [0.1, 0.15) is 12.2 Å². The van der Waals surface area contributed by atoms with E-state index in [1.54, 1.807) is 40.1 Å². The first kappa shape index (κ1) is 34.1. The molecule has 4 rings (SSSR count). The summed E-state index contributed by atoms with van der Waals surface area (Å²) >= 11 is 6.51. The number of amides is 2. The predicted molar refractivity (Wildman–Crippen MR) is 167 cm³/mol. The molecule has 12 heteroatoms. The number of carbonyl (C=O) groups is 4. The number of esters is 1. The van der Waals surface area contributed by atoms with Gasteiger partial charge in [-0.15, -0.1) is 0 Å². The molecule has 244 valence electrons. The van der Waals surface area contributed by atoms with Crippen molar-refractivity contribution in [1.82, 2.24) is 4.90 Å². The summed E-state index contributed by atoms with van der Waals surface area (Å²) in [7, 11) is 3.04. The smallest absolute Gasteiger partial charge is 0.303 e. The van der Waals surface area contributed by atoms with Crippen molar-refractivity contribution >= 4 is 41.0 Å². The second-order valence-electron chi connectivity index (χ2n) is 12.3. The van der Waals surface area contributed by atoms with E-state index in [1.807, 2.05) is 19.9 Å². The maximum absolute atomic E-state index is 14.4. The molecule has 2 amide bonds. The lowest BCUT2D eigenvalue weighted by Gasteiger charge is -2.34. The van der Waals surface area contributed by atoms with E-state index < -0.39 is 35.5 Å². The molecule has 2 atom stereocenters. The van der Waals surface area contributed by atoms with Crippen molar-refractivity contribution in [3.05, 3.63) is 52.5 Å².